The lowest BCUT2D eigenvalue weighted by molar-refractivity contribution is -0.136. The highest BCUT2D eigenvalue weighted by atomic mass is 35.5. The monoisotopic (exact) mass is 469 g/mol. The Morgan fingerprint density at radius 3 is 2.70 bits per heavy atom. The van der Waals surface area contributed by atoms with Crippen molar-refractivity contribution >= 4 is 46.3 Å². The summed E-state index contributed by atoms with van der Waals surface area (Å²) in [5.41, 5.74) is 2.37. The van der Waals surface area contributed by atoms with E-state index < -0.39 is 0 Å². The molecule has 1 fully saturated rings. The number of hydrogen-bond acceptors (Lipinski definition) is 7. The molecule has 2 aromatic heterocycles. The fourth-order valence-corrected chi connectivity index (χ4v) is 3.54. The molecule has 0 bridgehead atoms. The zero-order valence-electron chi connectivity index (χ0n) is 18.0. The van der Waals surface area contributed by atoms with Crippen LogP contribution in [0.3, 0.4) is 0 Å². The summed E-state index contributed by atoms with van der Waals surface area (Å²) in [5, 5.41) is 13.6. The maximum atomic E-state index is 12.4. The number of carbonyl (C=O) groups is 2. The SMILES string of the molecule is CNC(=O)c1ccccc1Nc1cc(Nc2cnn(CC(=O)N3CCOCC3)c2)ncc1Cl. The molecule has 11 heteroatoms. The average molecular weight is 470 g/mol. The maximum absolute atomic E-state index is 12.4. The molecule has 0 unspecified atom stereocenters. The van der Waals surface area contributed by atoms with E-state index in [0.717, 1.165) is 0 Å². The molecule has 2 amide bonds. The standard InChI is InChI=1S/C22H24ClN7O3/c1-24-22(32)16-4-2-3-5-18(16)28-19-10-20(25-12-17(19)23)27-15-11-26-30(13-15)14-21(31)29-6-8-33-9-7-29/h2-5,10-13H,6-9,14H2,1H3,(H,24,32)(H2,25,27,28). The van der Waals surface area contributed by atoms with Crippen molar-refractivity contribution in [2.24, 2.45) is 0 Å². The van der Waals surface area contributed by atoms with Crippen molar-refractivity contribution in [3.05, 3.63) is 59.5 Å². The van der Waals surface area contributed by atoms with Crippen LogP contribution in [0.1, 0.15) is 10.4 Å². The van der Waals surface area contributed by atoms with Crippen LogP contribution in [0.4, 0.5) is 22.9 Å². The molecule has 172 valence electrons. The lowest BCUT2D eigenvalue weighted by Crippen LogP contribution is -2.42. The fraction of sp³-hybridized carbons (Fsp3) is 0.273. The normalized spacial score (nSPS) is 13.5. The Bertz CT molecular complexity index is 1140. The molecule has 3 heterocycles. The largest absolute Gasteiger partial charge is 0.378 e. The number of ether oxygens (including phenoxy) is 1. The molecular weight excluding hydrogens is 446 g/mol. The molecule has 0 spiro atoms. The lowest BCUT2D eigenvalue weighted by atomic mass is 10.1. The van der Waals surface area contributed by atoms with Crippen LogP contribution in [-0.4, -0.2) is 64.8 Å². The molecule has 0 radical (unpaired) electrons. The van der Waals surface area contributed by atoms with Gasteiger partial charge < -0.3 is 25.6 Å². The minimum Gasteiger partial charge on any atom is -0.378 e. The van der Waals surface area contributed by atoms with Crippen molar-refractivity contribution in [3.8, 4) is 0 Å². The molecular formula is C22H24ClN7O3. The molecule has 0 aliphatic carbocycles. The van der Waals surface area contributed by atoms with E-state index in [1.165, 1.54) is 6.20 Å². The van der Waals surface area contributed by atoms with Crippen LogP contribution in [0.5, 0.6) is 0 Å². The van der Waals surface area contributed by atoms with Crippen LogP contribution in [0, 0.1) is 0 Å². The summed E-state index contributed by atoms with van der Waals surface area (Å²) >= 11 is 6.33. The number of rotatable bonds is 7. The number of hydrogen-bond donors (Lipinski definition) is 3. The van der Waals surface area contributed by atoms with Crippen LogP contribution in [0.2, 0.25) is 5.02 Å². The highest BCUT2D eigenvalue weighted by molar-refractivity contribution is 6.33. The van der Waals surface area contributed by atoms with Gasteiger partial charge in [-0.2, -0.15) is 5.10 Å². The summed E-state index contributed by atoms with van der Waals surface area (Å²) in [6, 6.07) is 8.87. The van der Waals surface area contributed by atoms with Crippen LogP contribution in [-0.2, 0) is 16.1 Å². The zero-order valence-corrected chi connectivity index (χ0v) is 18.8. The van der Waals surface area contributed by atoms with Gasteiger partial charge in [0.1, 0.15) is 12.4 Å². The third kappa shape index (κ3) is 5.60. The number of nitrogens with one attached hydrogen (secondary N) is 3. The maximum Gasteiger partial charge on any atom is 0.253 e. The minimum absolute atomic E-state index is 0.00108. The Balaban J connectivity index is 1.45. The first-order chi connectivity index (χ1) is 16.0. The second-order valence-corrected chi connectivity index (χ2v) is 7.75. The summed E-state index contributed by atoms with van der Waals surface area (Å²) in [5.74, 6) is 0.317. The number of morpholine rings is 1. The van der Waals surface area contributed by atoms with Crippen molar-refractivity contribution in [2.45, 2.75) is 6.54 Å². The molecule has 0 saturated carbocycles. The number of para-hydroxylation sites is 1. The van der Waals surface area contributed by atoms with Gasteiger partial charge in [0.05, 0.1) is 53.3 Å². The second-order valence-electron chi connectivity index (χ2n) is 7.34. The van der Waals surface area contributed by atoms with E-state index in [0.29, 0.717) is 59.8 Å². The average Bonchev–Trinajstić information content (AvgIpc) is 3.28. The van der Waals surface area contributed by atoms with E-state index in [2.05, 4.69) is 26.0 Å². The van der Waals surface area contributed by atoms with Gasteiger partial charge in [0.25, 0.3) is 5.91 Å². The van der Waals surface area contributed by atoms with Crippen molar-refractivity contribution in [3.63, 3.8) is 0 Å². The van der Waals surface area contributed by atoms with E-state index in [1.807, 2.05) is 6.07 Å². The van der Waals surface area contributed by atoms with E-state index in [9.17, 15) is 9.59 Å². The number of nitrogens with zero attached hydrogens (tertiary/aromatic N) is 4. The number of pyridine rings is 1. The van der Waals surface area contributed by atoms with Crippen LogP contribution in [0.15, 0.2) is 48.9 Å². The third-order valence-corrected chi connectivity index (χ3v) is 5.39. The number of aromatic nitrogens is 3. The molecule has 3 aromatic rings. The number of benzene rings is 1. The molecule has 10 nitrogen and oxygen atoms in total. The first-order valence-corrected chi connectivity index (χ1v) is 10.8. The van der Waals surface area contributed by atoms with Gasteiger partial charge in [-0.3, -0.25) is 14.3 Å². The molecule has 1 aromatic carbocycles. The van der Waals surface area contributed by atoms with E-state index in [4.69, 9.17) is 16.3 Å². The summed E-state index contributed by atoms with van der Waals surface area (Å²) in [6.45, 7) is 2.46. The molecule has 4 rings (SSSR count). The zero-order chi connectivity index (χ0) is 23.2. The van der Waals surface area contributed by atoms with Crippen molar-refractivity contribution in [1.82, 2.24) is 25.0 Å². The van der Waals surface area contributed by atoms with E-state index >= 15 is 0 Å². The molecule has 1 aliphatic heterocycles. The number of halogens is 1. The van der Waals surface area contributed by atoms with E-state index in [-0.39, 0.29) is 18.4 Å². The third-order valence-electron chi connectivity index (χ3n) is 5.09. The fourth-order valence-electron chi connectivity index (χ4n) is 3.39. The quantitative estimate of drug-likeness (QED) is 0.487. The van der Waals surface area contributed by atoms with Crippen molar-refractivity contribution in [2.75, 3.05) is 44.0 Å². The predicted molar refractivity (Wildman–Crippen MR) is 125 cm³/mol. The number of amides is 2. The molecule has 0 atom stereocenters. The number of carbonyl (C=O) groups excluding carboxylic acids is 2. The van der Waals surface area contributed by atoms with Crippen LogP contribution >= 0.6 is 11.6 Å². The summed E-state index contributed by atoms with van der Waals surface area (Å²) in [6.07, 6.45) is 4.88. The minimum atomic E-state index is -0.208. The van der Waals surface area contributed by atoms with Crippen molar-refractivity contribution in [1.29, 1.82) is 0 Å². The van der Waals surface area contributed by atoms with Gasteiger partial charge in [-0.1, -0.05) is 23.7 Å². The van der Waals surface area contributed by atoms with Gasteiger partial charge in [0.15, 0.2) is 0 Å². The second kappa shape index (κ2) is 10.3. The van der Waals surface area contributed by atoms with Gasteiger partial charge in [0.2, 0.25) is 5.91 Å². The molecule has 1 saturated heterocycles. The topological polar surface area (TPSA) is 113 Å². The molecule has 1 aliphatic rings. The highest BCUT2D eigenvalue weighted by Gasteiger charge is 2.17. The van der Waals surface area contributed by atoms with Gasteiger partial charge in [0, 0.05) is 32.4 Å². The first-order valence-electron chi connectivity index (χ1n) is 10.4. The first kappa shape index (κ1) is 22.6. The van der Waals surface area contributed by atoms with Gasteiger partial charge in [-0.15, -0.1) is 0 Å². The molecule has 3 N–H and O–H groups in total. The van der Waals surface area contributed by atoms with Crippen LogP contribution < -0.4 is 16.0 Å². The van der Waals surface area contributed by atoms with Gasteiger partial charge in [-0.05, 0) is 12.1 Å². The predicted octanol–water partition coefficient (Wildman–Crippen LogP) is 2.64. The van der Waals surface area contributed by atoms with Gasteiger partial charge in [-0.25, -0.2) is 4.98 Å². The Morgan fingerprint density at radius 1 is 1.12 bits per heavy atom. The Morgan fingerprint density at radius 2 is 1.91 bits per heavy atom. The Labute approximate surface area is 195 Å². The summed E-state index contributed by atoms with van der Waals surface area (Å²) < 4.78 is 6.86. The Kier molecular flexibility index (Phi) is 7.06. The highest BCUT2D eigenvalue weighted by Crippen LogP contribution is 2.29. The smallest absolute Gasteiger partial charge is 0.253 e. The number of anilines is 4. The van der Waals surface area contributed by atoms with Crippen LogP contribution in [0.25, 0.3) is 0 Å². The van der Waals surface area contributed by atoms with Gasteiger partial charge >= 0.3 is 0 Å². The van der Waals surface area contributed by atoms with E-state index in [1.54, 1.807) is 53.3 Å². The molecule has 33 heavy (non-hydrogen) atoms. The Hall–Kier alpha value is -3.63. The lowest BCUT2D eigenvalue weighted by Gasteiger charge is -2.26. The summed E-state index contributed by atoms with van der Waals surface area (Å²) in [4.78, 5) is 30.6. The summed E-state index contributed by atoms with van der Waals surface area (Å²) in [7, 11) is 1.58. The van der Waals surface area contributed by atoms with Crippen molar-refractivity contribution < 1.29 is 14.3 Å².